The average molecular weight is 472 g/mol. The fourth-order valence-corrected chi connectivity index (χ4v) is 6.39. The molecule has 1 aromatic rings. The predicted molar refractivity (Wildman–Crippen MR) is 114 cm³/mol. The quantitative estimate of drug-likeness (QED) is 0.355. The van der Waals surface area contributed by atoms with E-state index in [9.17, 15) is 0 Å². The van der Waals surface area contributed by atoms with Crippen LogP contribution < -0.4 is 9.05 Å². The normalized spacial score (nSPS) is 11.7. The van der Waals surface area contributed by atoms with Crippen LogP contribution in [0.2, 0.25) is 0 Å². The second-order valence-corrected chi connectivity index (χ2v) is 14.5. The molecule has 0 heterocycles. The molecule has 0 saturated heterocycles. The molecule has 0 spiro atoms. The number of halogens is 2. The van der Waals surface area contributed by atoms with Crippen LogP contribution in [0.1, 0.15) is 55.4 Å². The third-order valence-electron chi connectivity index (χ3n) is 3.26. The Bertz CT molecular complexity index is 421. The summed E-state index contributed by atoms with van der Waals surface area (Å²) < 4.78 is 12.5. The fourth-order valence-electron chi connectivity index (χ4n) is 2.45. The molecule has 149 valence electrons. The molecule has 0 fully saturated rings. The Balaban J connectivity index is 0.00000178. The van der Waals surface area contributed by atoms with E-state index >= 15 is 0 Å². The van der Waals surface area contributed by atoms with E-state index in [4.69, 9.17) is 29.3 Å². The van der Waals surface area contributed by atoms with Gasteiger partial charge in [0.2, 0.25) is 0 Å². The van der Waals surface area contributed by atoms with E-state index in [1.54, 1.807) is 0 Å². The monoisotopic (exact) mass is 471 g/mol. The topological polar surface area (TPSA) is 18.5 Å². The molecule has 0 bridgehead atoms. The van der Waals surface area contributed by atoms with E-state index in [2.05, 4.69) is 61.5 Å². The van der Waals surface area contributed by atoms with Crippen molar-refractivity contribution >= 4 is 36.6 Å². The summed E-state index contributed by atoms with van der Waals surface area (Å²) in [4.78, 5) is 0. The Morgan fingerprint density at radius 1 is 0.720 bits per heavy atom. The minimum absolute atomic E-state index is 0.382. The molecule has 0 N–H and O–H groups in total. The summed E-state index contributed by atoms with van der Waals surface area (Å²) in [7, 11) is 8.54. The molecule has 0 aromatic heterocycles. The minimum atomic E-state index is -0.463. The molecule has 0 aliphatic rings. The van der Waals surface area contributed by atoms with Crippen molar-refractivity contribution in [2.75, 3.05) is 0 Å². The Morgan fingerprint density at radius 3 is 1.24 bits per heavy atom. The summed E-state index contributed by atoms with van der Waals surface area (Å²) in [5, 5.41) is 0. The van der Waals surface area contributed by atoms with Crippen LogP contribution in [0.4, 0.5) is 0 Å². The van der Waals surface area contributed by atoms with Crippen LogP contribution in [0.5, 0.6) is 11.5 Å². The SMILES string of the molecule is CC(C)P(Oc1cccc(OP(C(C)C)C(C)C)c1)C(C)C.[Cl][Co][Cl]. The molecule has 2 nitrogen and oxygen atoms in total. The molecule has 1 rings (SSSR count). The molecule has 0 unspecified atom stereocenters. The number of hydrogen-bond acceptors (Lipinski definition) is 2. The summed E-state index contributed by atoms with van der Waals surface area (Å²) in [6.07, 6.45) is 0. The Labute approximate surface area is 171 Å². The van der Waals surface area contributed by atoms with Crippen molar-refractivity contribution in [2.24, 2.45) is 0 Å². The van der Waals surface area contributed by atoms with Gasteiger partial charge in [0.05, 0.1) is 16.3 Å². The molecule has 7 heteroatoms. The fraction of sp³-hybridized carbons (Fsp3) is 0.667. The molecule has 25 heavy (non-hydrogen) atoms. The summed E-state index contributed by atoms with van der Waals surface area (Å²) in [6, 6.07) is 8.17. The first-order valence-electron chi connectivity index (χ1n) is 8.50. The summed E-state index contributed by atoms with van der Waals surface area (Å²) in [6.45, 7) is 17.9. The molecular formula is C18H32Cl2CoO2P2. The van der Waals surface area contributed by atoms with Crippen LogP contribution in [0.25, 0.3) is 0 Å². The van der Waals surface area contributed by atoms with Gasteiger partial charge in [-0.25, -0.2) is 0 Å². The van der Waals surface area contributed by atoms with Crippen molar-refractivity contribution in [1.29, 1.82) is 0 Å². The maximum absolute atomic E-state index is 6.27. The zero-order chi connectivity index (χ0) is 19.6. The van der Waals surface area contributed by atoms with E-state index in [1.165, 1.54) is 0 Å². The van der Waals surface area contributed by atoms with Crippen molar-refractivity contribution in [1.82, 2.24) is 0 Å². The van der Waals surface area contributed by atoms with Gasteiger partial charge in [0, 0.05) is 28.7 Å². The second kappa shape index (κ2) is 13.9. The van der Waals surface area contributed by atoms with Gasteiger partial charge in [-0.05, 0) is 12.1 Å². The van der Waals surface area contributed by atoms with E-state index in [0.717, 1.165) is 11.5 Å². The van der Waals surface area contributed by atoms with Crippen molar-refractivity contribution in [3.8, 4) is 11.5 Å². The zero-order valence-corrected chi connectivity index (χ0v) is 20.8. The summed E-state index contributed by atoms with van der Waals surface area (Å²) >= 11 is 0.382. The maximum atomic E-state index is 6.27. The molecule has 0 saturated carbocycles. The molecule has 0 radical (unpaired) electrons. The van der Waals surface area contributed by atoms with E-state index in [0.29, 0.717) is 35.5 Å². The molecule has 0 atom stereocenters. The van der Waals surface area contributed by atoms with Gasteiger partial charge in [0.25, 0.3) is 0 Å². The van der Waals surface area contributed by atoms with Crippen LogP contribution in [0.15, 0.2) is 24.3 Å². The van der Waals surface area contributed by atoms with Gasteiger partial charge in [-0.3, -0.25) is 0 Å². The van der Waals surface area contributed by atoms with Crippen LogP contribution >= 0.6 is 36.6 Å². The van der Waals surface area contributed by atoms with Crippen molar-refractivity contribution in [2.45, 2.75) is 78.0 Å². The van der Waals surface area contributed by atoms with Crippen LogP contribution in [-0.4, -0.2) is 22.6 Å². The number of hydrogen-bond donors (Lipinski definition) is 0. The molecule has 1 aromatic carbocycles. The van der Waals surface area contributed by atoms with Crippen molar-refractivity contribution in [3.05, 3.63) is 24.3 Å². The molecular weight excluding hydrogens is 440 g/mol. The van der Waals surface area contributed by atoms with Crippen LogP contribution in [-0.2, 0) is 12.9 Å². The van der Waals surface area contributed by atoms with Gasteiger partial charge >= 0.3 is 33.2 Å². The third kappa shape index (κ3) is 10.6. The van der Waals surface area contributed by atoms with Crippen LogP contribution in [0.3, 0.4) is 0 Å². The summed E-state index contributed by atoms with van der Waals surface area (Å²) in [5.41, 5.74) is 2.23. The number of benzene rings is 1. The van der Waals surface area contributed by atoms with Crippen molar-refractivity contribution < 1.29 is 21.9 Å². The number of rotatable bonds is 8. The average Bonchev–Trinajstić information content (AvgIpc) is 2.50. The first kappa shape index (κ1) is 25.8. The first-order valence-corrected chi connectivity index (χ1v) is 14.2. The van der Waals surface area contributed by atoms with Crippen molar-refractivity contribution in [3.63, 3.8) is 0 Å². The molecule has 0 aliphatic carbocycles. The van der Waals surface area contributed by atoms with Gasteiger partial charge in [-0.15, -0.1) is 0 Å². The van der Waals surface area contributed by atoms with Gasteiger partial charge in [-0.2, -0.15) is 0 Å². The first-order chi connectivity index (χ1) is 11.6. The van der Waals surface area contributed by atoms with E-state index < -0.39 is 16.3 Å². The van der Waals surface area contributed by atoms with Gasteiger partial charge < -0.3 is 9.05 Å². The Kier molecular flexibility index (Phi) is 14.3. The van der Waals surface area contributed by atoms with Gasteiger partial charge in [0.1, 0.15) is 11.5 Å². The van der Waals surface area contributed by atoms with E-state index in [1.807, 2.05) is 18.2 Å². The Morgan fingerprint density at radius 2 is 1.00 bits per heavy atom. The molecule has 0 aliphatic heterocycles. The zero-order valence-electron chi connectivity index (χ0n) is 16.4. The van der Waals surface area contributed by atoms with Gasteiger partial charge in [0.15, 0.2) is 0 Å². The second-order valence-electron chi connectivity index (χ2n) is 6.80. The Hall–Kier alpha value is 0.766. The third-order valence-corrected chi connectivity index (χ3v) is 8.18. The summed E-state index contributed by atoms with van der Waals surface area (Å²) in [5.74, 6) is 1.88. The van der Waals surface area contributed by atoms with Crippen LogP contribution in [0, 0.1) is 0 Å². The standard InChI is InChI=1S/C18H32O2P2.2ClH.Co/c1-13(2)21(14(3)4)19-17-10-9-11-18(12-17)20-22(15(5)6)16(7)8;;;/h9-16H,1-8H3;2*1H;/q;;;+2/p-2. The van der Waals surface area contributed by atoms with E-state index in [-0.39, 0.29) is 0 Å². The van der Waals surface area contributed by atoms with Gasteiger partial charge in [-0.1, -0.05) is 61.5 Å². The predicted octanol–water partition coefficient (Wildman–Crippen LogP) is 8.25. The molecule has 0 amide bonds.